The molecule has 7 nitrogen and oxygen atoms in total. The number of fused-ring (bicyclic) bond motifs is 1. The third-order valence-corrected chi connectivity index (χ3v) is 7.09. The predicted molar refractivity (Wildman–Crippen MR) is 154 cm³/mol. The summed E-state index contributed by atoms with van der Waals surface area (Å²) in [5.41, 5.74) is 5.85. The van der Waals surface area contributed by atoms with Crippen molar-refractivity contribution in [2.45, 2.75) is 40.0 Å². The molecule has 1 fully saturated rings. The SMILES string of the molecule is Cc1cc(C)nc(N2CCN(c3ccc(NC(=O)C(=O)c4c(C(C)(C)C)cc5ccccn45)cc3)CC2)c1. The molecule has 0 aliphatic carbocycles. The van der Waals surface area contributed by atoms with Crippen molar-refractivity contribution in [3.05, 3.63) is 89.4 Å². The van der Waals surface area contributed by atoms with Crippen molar-refractivity contribution < 1.29 is 9.59 Å². The number of pyridine rings is 2. The summed E-state index contributed by atoms with van der Waals surface area (Å²) < 4.78 is 1.80. The number of rotatable bonds is 5. The van der Waals surface area contributed by atoms with Crippen LogP contribution < -0.4 is 15.1 Å². The maximum atomic E-state index is 13.3. The number of carbonyl (C=O) groups is 2. The van der Waals surface area contributed by atoms with E-state index in [1.807, 2.05) is 82.4 Å². The molecule has 5 rings (SSSR count). The normalized spacial score (nSPS) is 14.1. The summed E-state index contributed by atoms with van der Waals surface area (Å²) in [7, 11) is 0. The molecule has 1 aliphatic rings. The van der Waals surface area contributed by atoms with E-state index in [4.69, 9.17) is 4.98 Å². The molecule has 0 radical (unpaired) electrons. The van der Waals surface area contributed by atoms with Crippen molar-refractivity contribution in [3.63, 3.8) is 0 Å². The third-order valence-electron chi connectivity index (χ3n) is 7.09. The Bertz CT molecular complexity index is 1470. The molecule has 7 heteroatoms. The fraction of sp³-hybridized carbons (Fsp3) is 0.323. The Labute approximate surface area is 224 Å². The summed E-state index contributed by atoms with van der Waals surface area (Å²) in [6.45, 7) is 13.8. The van der Waals surface area contributed by atoms with Crippen molar-refractivity contribution in [1.82, 2.24) is 9.38 Å². The van der Waals surface area contributed by atoms with E-state index in [0.717, 1.165) is 54.5 Å². The Morgan fingerprint density at radius 3 is 2.21 bits per heavy atom. The van der Waals surface area contributed by atoms with Crippen LogP contribution in [0.15, 0.2) is 66.9 Å². The summed E-state index contributed by atoms with van der Waals surface area (Å²) in [5, 5.41) is 2.81. The molecule has 0 bridgehead atoms. The molecule has 0 saturated carbocycles. The Morgan fingerprint density at radius 1 is 0.868 bits per heavy atom. The summed E-state index contributed by atoms with van der Waals surface area (Å²) in [6, 6.07) is 19.7. The average molecular weight is 510 g/mol. The van der Waals surface area contributed by atoms with Crippen LogP contribution in [0.2, 0.25) is 0 Å². The van der Waals surface area contributed by atoms with Gasteiger partial charge >= 0.3 is 0 Å². The van der Waals surface area contributed by atoms with E-state index in [0.29, 0.717) is 11.4 Å². The first-order valence-corrected chi connectivity index (χ1v) is 13.1. The minimum absolute atomic E-state index is 0.281. The molecule has 3 aromatic heterocycles. The number of anilines is 3. The largest absolute Gasteiger partial charge is 0.368 e. The van der Waals surface area contributed by atoms with Gasteiger partial charge in [0.1, 0.15) is 11.5 Å². The highest BCUT2D eigenvalue weighted by Crippen LogP contribution is 2.30. The van der Waals surface area contributed by atoms with Crippen molar-refractivity contribution in [2.75, 3.05) is 41.3 Å². The van der Waals surface area contributed by atoms with Crippen LogP contribution in [0, 0.1) is 13.8 Å². The maximum Gasteiger partial charge on any atom is 0.298 e. The molecular weight excluding hydrogens is 474 g/mol. The molecule has 196 valence electrons. The Kier molecular flexibility index (Phi) is 6.69. The molecular formula is C31H35N5O2. The highest BCUT2D eigenvalue weighted by molar-refractivity contribution is 6.46. The van der Waals surface area contributed by atoms with Crippen LogP contribution in [-0.4, -0.2) is 47.3 Å². The summed E-state index contributed by atoms with van der Waals surface area (Å²) in [5.74, 6) is -0.141. The van der Waals surface area contributed by atoms with Gasteiger partial charge in [-0.15, -0.1) is 0 Å². The number of hydrogen-bond acceptors (Lipinski definition) is 5. The first-order chi connectivity index (χ1) is 18.1. The molecule has 1 amide bonds. The van der Waals surface area contributed by atoms with Gasteiger partial charge in [-0.2, -0.15) is 0 Å². The van der Waals surface area contributed by atoms with Crippen LogP contribution in [0.3, 0.4) is 0 Å². The number of nitrogens with one attached hydrogen (secondary N) is 1. The van der Waals surface area contributed by atoms with E-state index in [1.54, 1.807) is 4.40 Å². The number of benzene rings is 1. The van der Waals surface area contributed by atoms with Crippen molar-refractivity contribution in [1.29, 1.82) is 0 Å². The zero-order valence-electron chi connectivity index (χ0n) is 22.8. The van der Waals surface area contributed by atoms with Crippen LogP contribution in [-0.2, 0) is 10.2 Å². The number of nitrogens with zero attached hydrogens (tertiary/aromatic N) is 4. The van der Waals surface area contributed by atoms with Gasteiger partial charge in [0.15, 0.2) is 0 Å². The minimum atomic E-state index is -0.637. The van der Waals surface area contributed by atoms with Gasteiger partial charge in [0.25, 0.3) is 11.7 Å². The zero-order valence-corrected chi connectivity index (χ0v) is 22.8. The van der Waals surface area contributed by atoms with E-state index < -0.39 is 11.7 Å². The van der Waals surface area contributed by atoms with Gasteiger partial charge in [0, 0.05) is 55.0 Å². The van der Waals surface area contributed by atoms with Crippen molar-refractivity contribution in [3.8, 4) is 0 Å². The Morgan fingerprint density at radius 2 is 1.55 bits per heavy atom. The van der Waals surface area contributed by atoms with Crippen LogP contribution >= 0.6 is 0 Å². The van der Waals surface area contributed by atoms with Crippen molar-refractivity contribution in [2.24, 2.45) is 0 Å². The number of Topliss-reactive ketones (excluding diaryl/α,β-unsaturated/α-hetero) is 1. The molecule has 1 saturated heterocycles. The number of ketones is 1. The van der Waals surface area contributed by atoms with E-state index in [-0.39, 0.29) is 5.41 Å². The van der Waals surface area contributed by atoms with Crippen LogP contribution in [0.1, 0.15) is 48.1 Å². The topological polar surface area (TPSA) is 70.0 Å². The molecule has 0 spiro atoms. The summed E-state index contributed by atoms with van der Waals surface area (Å²) in [6.07, 6.45) is 1.83. The predicted octanol–water partition coefficient (Wildman–Crippen LogP) is 5.40. The van der Waals surface area contributed by atoms with E-state index >= 15 is 0 Å². The van der Waals surface area contributed by atoms with Gasteiger partial charge in [-0.1, -0.05) is 26.8 Å². The number of carbonyl (C=O) groups excluding carboxylic acids is 2. The highest BCUT2D eigenvalue weighted by atomic mass is 16.2. The maximum absolute atomic E-state index is 13.3. The third kappa shape index (κ3) is 5.14. The lowest BCUT2D eigenvalue weighted by Gasteiger charge is -2.37. The molecule has 0 unspecified atom stereocenters. The molecule has 1 aliphatic heterocycles. The lowest BCUT2D eigenvalue weighted by atomic mass is 9.86. The molecule has 38 heavy (non-hydrogen) atoms. The molecule has 4 aromatic rings. The molecule has 1 N–H and O–H groups in total. The second kappa shape index (κ2) is 9.97. The molecule has 0 atom stereocenters. The molecule has 4 heterocycles. The van der Waals surface area contributed by atoms with E-state index in [9.17, 15) is 9.59 Å². The zero-order chi connectivity index (χ0) is 27.0. The van der Waals surface area contributed by atoms with Crippen LogP contribution in [0.25, 0.3) is 5.52 Å². The second-order valence-corrected chi connectivity index (χ2v) is 11.1. The fourth-order valence-electron chi connectivity index (χ4n) is 5.15. The Balaban J connectivity index is 1.26. The highest BCUT2D eigenvalue weighted by Gasteiger charge is 2.29. The smallest absolute Gasteiger partial charge is 0.298 e. The number of hydrogen-bond donors (Lipinski definition) is 1. The first-order valence-electron chi connectivity index (χ1n) is 13.1. The van der Waals surface area contributed by atoms with Gasteiger partial charge in [-0.25, -0.2) is 4.98 Å². The minimum Gasteiger partial charge on any atom is -0.368 e. The van der Waals surface area contributed by atoms with Crippen molar-refractivity contribution >= 4 is 34.4 Å². The lowest BCUT2D eigenvalue weighted by molar-refractivity contribution is -0.112. The quantitative estimate of drug-likeness (QED) is 0.288. The standard InChI is InChI=1S/C31H35N5O2/c1-21-18-22(2)32-27(19-21)35-16-14-34(15-17-35)24-11-9-23(10-12-24)33-30(38)29(37)28-26(31(3,4)5)20-25-8-6-7-13-36(25)28/h6-13,18-20H,14-17H2,1-5H3,(H,33,38). The number of amides is 1. The van der Waals surface area contributed by atoms with Gasteiger partial charge in [0.2, 0.25) is 0 Å². The number of aromatic nitrogens is 2. The summed E-state index contributed by atoms with van der Waals surface area (Å²) in [4.78, 5) is 35.7. The van der Waals surface area contributed by atoms with Crippen LogP contribution in [0.4, 0.5) is 17.2 Å². The fourth-order valence-corrected chi connectivity index (χ4v) is 5.15. The lowest BCUT2D eigenvalue weighted by Crippen LogP contribution is -2.46. The second-order valence-electron chi connectivity index (χ2n) is 11.1. The summed E-state index contributed by atoms with van der Waals surface area (Å²) >= 11 is 0. The first kappa shape index (κ1) is 25.5. The van der Waals surface area contributed by atoms with E-state index in [2.05, 4.69) is 34.2 Å². The number of aryl methyl sites for hydroxylation is 2. The monoisotopic (exact) mass is 509 g/mol. The van der Waals surface area contributed by atoms with Gasteiger partial charge in [0.05, 0.1) is 0 Å². The average Bonchev–Trinajstić information content (AvgIpc) is 3.29. The Hall–Kier alpha value is -4.13. The van der Waals surface area contributed by atoms with E-state index in [1.165, 1.54) is 5.56 Å². The molecule has 1 aromatic carbocycles. The van der Waals surface area contributed by atoms with Gasteiger partial charge in [-0.05, 0) is 85.0 Å². The van der Waals surface area contributed by atoms with Gasteiger partial charge < -0.3 is 19.5 Å². The van der Waals surface area contributed by atoms with Gasteiger partial charge in [-0.3, -0.25) is 9.59 Å². The number of piperazine rings is 1. The van der Waals surface area contributed by atoms with Crippen LogP contribution in [0.5, 0.6) is 0 Å².